The van der Waals surface area contributed by atoms with Crippen molar-refractivity contribution in [1.29, 1.82) is 0 Å². The molecule has 3 rings (SSSR count). The second-order valence-corrected chi connectivity index (χ2v) is 4.57. The van der Waals surface area contributed by atoms with Gasteiger partial charge in [0.25, 0.3) is 0 Å². The Hall–Kier alpha value is -0.930. The van der Waals surface area contributed by atoms with Gasteiger partial charge in [0, 0.05) is 30.6 Å². The minimum Gasteiger partial charge on any atom is -0.372 e. The standard InChI is InChI=1S/C12H16N2O/c13-11-3-4-15-12(11)10-5-9(6-14-7-10)8-1-2-8/h5-8,11-12H,1-4,13H2/t11-,12+/m1/s1. The van der Waals surface area contributed by atoms with Crippen molar-refractivity contribution in [3.05, 3.63) is 29.6 Å². The van der Waals surface area contributed by atoms with Gasteiger partial charge in [0.1, 0.15) is 0 Å². The fraction of sp³-hybridized carbons (Fsp3) is 0.583. The molecule has 2 aliphatic rings. The highest BCUT2D eigenvalue weighted by Crippen LogP contribution is 2.40. The lowest BCUT2D eigenvalue weighted by molar-refractivity contribution is 0.105. The highest BCUT2D eigenvalue weighted by molar-refractivity contribution is 5.27. The Balaban J connectivity index is 1.87. The molecular weight excluding hydrogens is 188 g/mol. The number of rotatable bonds is 2. The largest absolute Gasteiger partial charge is 0.372 e. The van der Waals surface area contributed by atoms with E-state index in [2.05, 4.69) is 11.1 Å². The molecule has 1 aromatic rings. The van der Waals surface area contributed by atoms with Crippen molar-refractivity contribution in [1.82, 2.24) is 4.98 Å². The first-order chi connectivity index (χ1) is 7.34. The highest BCUT2D eigenvalue weighted by atomic mass is 16.5. The van der Waals surface area contributed by atoms with Crippen LogP contribution in [0.3, 0.4) is 0 Å². The lowest BCUT2D eigenvalue weighted by Gasteiger charge is -2.15. The number of nitrogens with zero attached hydrogens (tertiary/aromatic N) is 1. The van der Waals surface area contributed by atoms with Crippen LogP contribution in [-0.4, -0.2) is 17.6 Å². The SMILES string of the molecule is N[C@@H]1CCO[C@H]1c1cncc(C2CC2)c1. The summed E-state index contributed by atoms with van der Waals surface area (Å²) in [7, 11) is 0. The van der Waals surface area contributed by atoms with Crippen LogP contribution in [0.25, 0.3) is 0 Å². The molecule has 0 amide bonds. The van der Waals surface area contributed by atoms with Crippen LogP contribution in [0, 0.1) is 0 Å². The molecule has 1 aromatic heterocycles. The number of hydrogen-bond acceptors (Lipinski definition) is 3. The average Bonchev–Trinajstić information content (AvgIpc) is 3.02. The van der Waals surface area contributed by atoms with Crippen molar-refractivity contribution in [2.75, 3.05) is 6.61 Å². The highest BCUT2D eigenvalue weighted by Gasteiger charge is 2.29. The van der Waals surface area contributed by atoms with Crippen LogP contribution < -0.4 is 5.73 Å². The van der Waals surface area contributed by atoms with E-state index in [9.17, 15) is 0 Å². The van der Waals surface area contributed by atoms with Crippen molar-refractivity contribution < 1.29 is 4.74 Å². The topological polar surface area (TPSA) is 48.1 Å². The Bertz CT molecular complexity index is 362. The summed E-state index contributed by atoms with van der Waals surface area (Å²) >= 11 is 0. The van der Waals surface area contributed by atoms with Crippen LogP contribution in [0.2, 0.25) is 0 Å². The Labute approximate surface area is 89.6 Å². The normalized spacial score (nSPS) is 30.7. The van der Waals surface area contributed by atoms with Gasteiger partial charge in [-0.25, -0.2) is 0 Å². The molecule has 0 spiro atoms. The monoisotopic (exact) mass is 204 g/mol. The number of hydrogen-bond donors (Lipinski definition) is 1. The summed E-state index contributed by atoms with van der Waals surface area (Å²) < 4.78 is 5.64. The molecule has 3 nitrogen and oxygen atoms in total. The predicted molar refractivity (Wildman–Crippen MR) is 57.5 cm³/mol. The summed E-state index contributed by atoms with van der Waals surface area (Å²) in [6, 6.07) is 2.36. The number of nitrogens with two attached hydrogens (primary N) is 1. The van der Waals surface area contributed by atoms with Gasteiger partial charge < -0.3 is 10.5 Å². The molecule has 1 saturated carbocycles. The zero-order valence-electron chi connectivity index (χ0n) is 8.73. The lowest BCUT2D eigenvalue weighted by Crippen LogP contribution is -2.23. The van der Waals surface area contributed by atoms with Gasteiger partial charge in [0.05, 0.1) is 6.10 Å². The summed E-state index contributed by atoms with van der Waals surface area (Å²) in [6.07, 6.45) is 7.50. The molecule has 2 N–H and O–H groups in total. The fourth-order valence-electron chi connectivity index (χ4n) is 2.22. The molecule has 15 heavy (non-hydrogen) atoms. The molecule has 0 bridgehead atoms. The Morgan fingerprint density at radius 2 is 2.00 bits per heavy atom. The number of aromatic nitrogens is 1. The van der Waals surface area contributed by atoms with Crippen molar-refractivity contribution in [3.8, 4) is 0 Å². The van der Waals surface area contributed by atoms with E-state index in [4.69, 9.17) is 10.5 Å². The average molecular weight is 204 g/mol. The summed E-state index contributed by atoms with van der Waals surface area (Å²) in [5, 5.41) is 0. The van der Waals surface area contributed by atoms with E-state index >= 15 is 0 Å². The maximum absolute atomic E-state index is 6.00. The number of pyridine rings is 1. The quantitative estimate of drug-likeness (QED) is 0.798. The summed E-state index contributed by atoms with van der Waals surface area (Å²) in [5.74, 6) is 0.745. The smallest absolute Gasteiger partial charge is 0.0991 e. The molecule has 80 valence electrons. The molecule has 0 unspecified atom stereocenters. The van der Waals surface area contributed by atoms with Crippen molar-refractivity contribution in [2.24, 2.45) is 5.73 Å². The van der Waals surface area contributed by atoms with Gasteiger partial charge in [-0.3, -0.25) is 4.98 Å². The van der Waals surface area contributed by atoms with Crippen molar-refractivity contribution in [3.63, 3.8) is 0 Å². The summed E-state index contributed by atoms with van der Waals surface area (Å²) in [6.45, 7) is 0.777. The minimum atomic E-state index is 0.0659. The first-order valence-corrected chi connectivity index (χ1v) is 5.66. The Morgan fingerprint density at radius 1 is 1.20 bits per heavy atom. The third-order valence-corrected chi connectivity index (χ3v) is 3.30. The van der Waals surface area contributed by atoms with E-state index in [1.807, 2.05) is 12.4 Å². The van der Waals surface area contributed by atoms with Crippen LogP contribution >= 0.6 is 0 Å². The van der Waals surface area contributed by atoms with Crippen molar-refractivity contribution >= 4 is 0 Å². The van der Waals surface area contributed by atoms with Crippen LogP contribution in [0.1, 0.15) is 42.4 Å². The van der Waals surface area contributed by atoms with Crippen molar-refractivity contribution in [2.45, 2.75) is 37.3 Å². The van der Waals surface area contributed by atoms with Crippen LogP contribution in [0.4, 0.5) is 0 Å². The van der Waals surface area contributed by atoms with Gasteiger partial charge in [-0.15, -0.1) is 0 Å². The maximum Gasteiger partial charge on any atom is 0.0991 e. The molecule has 2 atom stereocenters. The van der Waals surface area contributed by atoms with Gasteiger partial charge in [0.2, 0.25) is 0 Å². The van der Waals surface area contributed by atoms with Gasteiger partial charge in [-0.05, 0) is 36.8 Å². The Kier molecular flexibility index (Phi) is 2.22. The van der Waals surface area contributed by atoms with Crippen LogP contribution in [0.15, 0.2) is 18.5 Å². The van der Waals surface area contributed by atoms with E-state index in [-0.39, 0.29) is 12.1 Å². The van der Waals surface area contributed by atoms with E-state index in [0.717, 1.165) is 24.5 Å². The molecular formula is C12H16N2O. The molecule has 1 aliphatic carbocycles. The first kappa shape index (κ1) is 9.31. The number of ether oxygens (including phenoxy) is 1. The van der Waals surface area contributed by atoms with E-state index in [1.54, 1.807) is 0 Å². The zero-order valence-corrected chi connectivity index (χ0v) is 8.73. The third-order valence-electron chi connectivity index (χ3n) is 3.30. The lowest BCUT2D eigenvalue weighted by atomic mass is 10.0. The van der Waals surface area contributed by atoms with Gasteiger partial charge >= 0.3 is 0 Å². The second-order valence-electron chi connectivity index (χ2n) is 4.57. The first-order valence-electron chi connectivity index (χ1n) is 5.66. The zero-order chi connectivity index (χ0) is 10.3. The minimum absolute atomic E-state index is 0.0659. The predicted octanol–water partition coefficient (Wildman–Crippen LogP) is 1.75. The van der Waals surface area contributed by atoms with E-state index in [0.29, 0.717) is 0 Å². The molecule has 2 heterocycles. The van der Waals surface area contributed by atoms with Crippen LogP contribution in [0.5, 0.6) is 0 Å². The third kappa shape index (κ3) is 1.77. The van der Waals surface area contributed by atoms with Gasteiger partial charge in [-0.2, -0.15) is 0 Å². The molecule has 1 aliphatic heterocycles. The summed E-state index contributed by atoms with van der Waals surface area (Å²) in [4.78, 5) is 4.29. The second kappa shape index (κ2) is 3.58. The Morgan fingerprint density at radius 3 is 2.67 bits per heavy atom. The molecule has 0 radical (unpaired) electrons. The molecule has 3 heteroatoms. The fourth-order valence-corrected chi connectivity index (χ4v) is 2.22. The van der Waals surface area contributed by atoms with E-state index < -0.39 is 0 Å². The maximum atomic E-state index is 6.00. The van der Waals surface area contributed by atoms with Gasteiger partial charge in [0.15, 0.2) is 0 Å². The van der Waals surface area contributed by atoms with Gasteiger partial charge in [-0.1, -0.05) is 0 Å². The molecule has 0 aromatic carbocycles. The summed E-state index contributed by atoms with van der Waals surface area (Å²) in [5.41, 5.74) is 8.51. The molecule has 2 fully saturated rings. The molecule has 1 saturated heterocycles. The van der Waals surface area contributed by atoms with Crippen LogP contribution in [-0.2, 0) is 4.74 Å². The van der Waals surface area contributed by atoms with E-state index in [1.165, 1.54) is 18.4 Å².